The Hall–Kier alpha value is -1.14. The molecule has 0 saturated carbocycles. The fourth-order valence-electron chi connectivity index (χ4n) is 2.98. The SMILES string of the molecule is CCOC(=O)C1CCc2sc(NCC3CCCOC3)nc21. The van der Waals surface area contributed by atoms with Crippen LogP contribution in [0.3, 0.4) is 0 Å². The summed E-state index contributed by atoms with van der Waals surface area (Å²) in [5.41, 5.74) is 0.931. The van der Waals surface area contributed by atoms with Crippen molar-refractivity contribution in [3.8, 4) is 0 Å². The van der Waals surface area contributed by atoms with Gasteiger partial charge in [-0.15, -0.1) is 11.3 Å². The van der Waals surface area contributed by atoms with E-state index in [2.05, 4.69) is 10.3 Å². The average Bonchev–Trinajstić information content (AvgIpc) is 3.06. The molecule has 0 aromatic carbocycles. The number of aryl methyl sites for hydroxylation is 1. The second-order valence-corrected chi connectivity index (χ2v) is 6.72. The molecule has 2 atom stereocenters. The number of hydrogen-bond acceptors (Lipinski definition) is 6. The average molecular weight is 310 g/mol. The molecule has 0 bridgehead atoms. The van der Waals surface area contributed by atoms with E-state index in [-0.39, 0.29) is 11.9 Å². The summed E-state index contributed by atoms with van der Waals surface area (Å²) < 4.78 is 10.6. The van der Waals surface area contributed by atoms with E-state index in [9.17, 15) is 4.79 Å². The zero-order valence-corrected chi connectivity index (χ0v) is 13.2. The van der Waals surface area contributed by atoms with E-state index in [1.54, 1.807) is 11.3 Å². The third kappa shape index (κ3) is 3.37. The van der Waals surface area contributed by atoms with Crippen molar-refractivity contribution in [1.82, 2.24) is 4.98 Å². The molecule has 0 amide bonds. The first-order valence-corrected chi connectivity index (χ1v) is 8.57. The van der Waals surface area contributed by atoms with Crippen LogP contribution in [0.2, 0.25) is 0 Å². The first kappa shape index (κ1) is 14.8. The van der Waals surface area contributed by atoms with Crippen LogP contribution in [0, 0.1) is 5.92 Å². The summed E-state index contributed by atoms with van der Waals surface area (Å²) in [5, 5.41) is 4.34. The molecule has 1 saturated heterocycles. The molecular weight excluding hydrogens is 288 g/mol. The molecule has 5 nitrogen and oxygen atoms in total. The number of nitrogens with zero attached hydrogens (tertiary/aromatic N) is 1. The molecule has 3 rings (SSSR count). The topological polar surface area (TPSA) is 60.5 Å². The van der Waals surface area contributed by atoms with Crippen molar-refractivity contribution in [1.29, 1.82) is 0 Å². The number of nitrogens with one attached hydrogen (secondary N) is 1. The molecule has 1 fully saturated rings. The lowest BCUT2D eigenvalue weighted by Gasteiger charge is -2.21. The molecule has 1 aromatic rings. The van der Waals surface area contributed by atoms with E-state index in [0.717, 1.165) is 49.8 Å². The molecule has 1 aliphatic carbocycles. The van der Waals surface area contributed by atoms with Gasteiger partial charge >= 0.3 is 5.97 Å². The molecule has 116 valence electrons. The van der Waals surface area contributed by atoms with E-state index in [0.29, 0.717) is 12.5 Å². The van der Waals surface area contributed by atoms with Crippen LogP contribution >= 0.6 is 11.3 Å². The van der Waals surface area contributed by atoms with Crippen LogP contribution in [0.4, 0.5) is 5.13 Å². The van der Waals surface area contributed by atoms with Crippen molar-refractivity contribution in [2.75, 3.05) is 31.7 Å². The van der Waals surface area contributed by atoms with Crippen LogP contribution in [0.15, 0.2) is 0 Å². The molecule has 2 aliphatic rings. The summed E-state index contributed by atoms with van der Waals surface area (Å²) >= 11 is 1.68. The molecule has 6 heteroatoms. The number of fused-ring (bicyclic) bond motifs is 1. The van der Waals surface area contributed by atoms with E-state index in [1.165, 1.54) is 11.3 Å². The standard InChI is InChI=1S/C15H22N2O3S/c1-2-20-14(18)11-5-6-12-13(11)17-15(21-12)16-8-10-4-3-7-19-9-10/h10-11H,2-9H2,1H3,(H,16,17). The predicted octanol–water partition coefficient (Wildman–Crippen LogP) is 2.57. The van der Waals surface area contributed by atoms with Crippen molar-refractivity contribution < 1.29 is 14.3 Å². The molecule has 1 aliphatic heterocycles. The second kappa shape index (κ2) is 6.75. The third-order valence-electron chi connectivity index (χ3n) is 4.09. The molecule has 21 heavy (non-hydrogen) atoms. The number of esters is 1. The van der Waals surface area contributed by atoms with Crippen LogP contribution in [0.1, 0.15) is 42.7 Å². The number of aromatic nitrogens is 1. The lowest BCUT2D eigenvalue weighted by molar-refractivity contribution is -0.145. The number of thiazole rings is 1. The molecule has 2 unspecified atom stereocenters. The van der Waals surface area contributed by atoms with Gasteiger partial charge in [0.25, 0.3) is 0 Å². The lowest BCUT2D eigenvalue weighted by Crippen LogP contribution is -2.24. The van der Waals surface area contributed by atoms with Gasteiger partial charge in [-0.3, -0.25) is 4.79 Å². The van der Waals surface area contributed by atoms with Crippen molar-refractivity contribution in [3.63, 3.8) is 0 Å². The van der Waals surface area contributed by atoms with Gasteiger partial charge < -0.3 is 14.8 Å². The first-order valence-electron chi connectivity index (χ1n) is 7.75. The van der Waals surface area contributed by atoms with Gasteiger partial charge in [0.2, 0.25) is 0 Å². The van der Waals surface area contributed by atoms with E-state index < -0.39 is 0 Å². The van der Waals surface area contributed by atoms with E-state index in [4.69, 9.17) is 9.47 Å². The van der Waals surface area contributed by atoms with Crippen molar-refractivity contribution in [2.24, 2.45) is 5.92 Å². The van der Waals surface area contributed by atoms with Crippen LogP contribution < -0.4 is 5.32 Å². The highest BCUT2D eigenvalue weighted by Gasteiger charge is 2.33. The number of anilines is 1. The Labute approximate surface area is 129 Å². The van der Waals surface area contributed by atoms with Crippen LogP contribution in [-0.2, 0) is 20.7 Å². The summed E-state index contributed by atoms with van der Waals surface area (Å²) in [6.07, 6.45) is 4.13. The maximum atomic E-state index is 11.9. The molecule has 1 aromatic heterocycles. The molecule has 0 spiro atoms. The molecular formula is C15H22N2O3S. The van der Waals surface area contributed by atoms with Crippen LogP contribution in [0.25, 0.3) is 0 Å². The first-order chi connectivity index (χ1) is 10.3. The number of carbonyl (C=O) groups is 1. The van der Waals surface area contributed by atoms with Crippen molar-refractivity contribution in [3.05, 3.63) is 10.6 Å². The fourth-order valence-corrected chi connectivity index (χ4v) is 4.02. The number of carbonyl (C=O) groups excluding carboxylic acids is 1. The second-order valence-electron chi connectivity index (χ2n) is 5.63. The monoisotopic (exact) mass is 310 g/mol. The normalized spacial score (nSPS) is 24.6. The third-order valence-corrected chi connectivity index (χ3v) is 5.17. The number of rotatable bonds is 5. The largest absolute Gasteiger partial charge is 0.465 e. The zero-order valence-electron chi connectivity index (χ0n) is 12.4. The Balaban J connectivity index is 1.59. The van der Waals surface area contributed by atoms with Gasteiger partial charge in [0.1, 0.15) is 5.92 Å². The Morgan fingerprint density at radius 1 is 1.52 bits per heavy atom. The van der Waals surface area contributed by atoms with Crippen molar-refractivity contribution in [2.45, 2.75) is 38.5 Å². The highest BCUT2D eigenvalue weighted by molar-refractivity contribution is 7.15. The van der Waals surface area contributed by atoms with Gasteiger partial charge in [0.15, 0.2) is 5.13 Å². The van der Waals surface area contributed by atoms with E-state index >= 15 is 0 Å². The Bertz CT molecular complexity index is 497. The highest BCUT2D eigenvalue weighted by atomic mass is 32.1. The van der Waals surface area contributed by atoms with Crippen molar-refractivity contribution >= 4 is 22.4 Å². The van der Waals surface area contributed by atoms with Gasteiger partial charge in [0, 0.05) is 18.0 Å². The molecule has 2 heterocycles. The summed E-state index contributed by atoms with van der Waals surface area (Å²) in [6, 6.07) is 0. The van der Waals surface area contributed by atoms with Gasteiger partial charge in [-0.1, -0.05) is 0 Å². The predicted molar refractivity (Wildman–Crippen MR) is 81.8 cm³/mol. The maximum absolute atomic E-state index is 11.9. The minimum Gasteiger partial charge on any atom is -0.465 e. The van der Waals surface area contributed by atoms with Gasteiger partial charge in [-0.05, 0) is 38.5 Å². The number of ether oxygens (including phenoxy) is 2. The summed E-state index contributed by atoms with van der Waals surface area (Å²) in [5.74, 6) is 0.275. The van der Waals surface area contributed by atoms with Crippen LogP contribution in [-0.4, -0.2) is 37.3 Å². The summed E-state index contributed by atoms with van der Waals surface area (Å²) in [7, 11) is 0. The number of hydrogen-bond donors (Lipinski definition) is 1. The minimum atomic E-state index is -0.162. The Morgan fingerprint density at radius 2 is 2.43 bits per heavy atom. The Kier molecular flexibility index (Phi) is 4.75. The molecule has 1 N–H and O–H groups in total. The summed E-state index contributed by atoms with van der Waals surface area (Å²) in [4.78, 5) is 17.8. The maximum Gasteiger partial charge on any atom is 0.315 e. The minimum absolute atomic E-state index is 0.131. The zero-order chi connectivity index (χ0) is 14.7. The molecule has 0 radical (unpaired) electrons. The smallest absolute Gasteiger partial charge is 0.315 e. The fraction of sp³-hybridized carbons (Fsp3) is 0.733. The Morgan fingerprint density at radius 3 is 3.19 bits per heavy atom. The van der Waals surface area contributed by atoms with Gasteiger partial charge in [-0.2, -0.15) is 0 Å². The summed E-state index contributed by atoms with van der Waals surface area (Å²) in [6.45, 7) is 4.90. The van der Waals surface area contributed by atoms with Crippen LogP contribution in [0.5, 0.6) is 0 Å². The van der Waals surface area contributed by atoms with Gasteiger partial charge in [-0.25, -0.2) is 4.98 Å². The van der Waals surface area contributed by atoms with E-state index in [1.807, 2.05) is 6.92 Å². The highest BCUT2D eigenvalue weighted by Crippen LogP contribution is 2.39. The lowest BCUT2D eigenvalue weighted by atomic mass is 10.0. The quantitative estimate of drug-likeness (QED) is 0.847. The van der Waals surface area contributed by atoms with Gasteiger partial charge in [0.05, 0.1) is 18.9 Å².